The fraction of sp³-hybridized carbons (Fsp3) is 0.208. The summed E-state index contributed by atoms with van der Waals surface area (Å²) in [5.41, 5.74) is -3.44. The van der Waals surface area contributed by atoms with Crippen LogP contribution in [0.3, 0.4) is 0 Å². The number of fused-ring (bicyclic) bond motifs is 1. The Morgan fingerprint density at radius 2 is 1.57 bits per heavy atom. The largest absolute Gasteiger partial charge is 0.481 e. The number of aliphatic carboxylic acids is 1. The maximum atomic E-state index is 13.2. The van der Waals surface area contributed by atoms with Crippen LogP contribution in [0.4, 0.5) is 37.8 Å². The molecule has 3 aromatic rings. The van der Waals surface area contributed by atoms with Gasteiger partial charge in [0.15, 0.2) is 5.82 Å². The Balaban J connectivity index is 1.77. The molecule has 0 saturated carbocycles. The van der Waals surface area contributed by atoms with Crippen LogP contribution in [0, 0.1) is 5.41 Å². The fourth-order valence-corrected chi connectivity index (χ4v) is 3.64. The molecule has 0 radical (unpaired) electrons. The summed E-state index contributed by atoms with van der Waals surface area (Å²) in [7, 11) is 0. The van der Waals surface area contributed by atoms with Crippen molar-refractivity contribution in [1.82, 2.24) is 10.2 Å². The van der Waals surface area contributed by atoms with E-state index in [-0.39, 0.29) is 18.3 Å². The molecule has 2 N–H and O–H groups in total. The molecule has 2 aromatic carbocycles. The van der Waals surface area contributed by atoms with E-state index in [1.807, 2.05) is 0 Å². The number of benzene rings is 2. The van der Waals surface area contributed by atoms with Crippen LogP contribution >= 0.6 is 0 Å². The zero-order chi connectivity index (χ0) is 25.6. The van der Waals surface area contributed by atoms with Crippen molar-refractivity contribution in [3.05, 3.63) is 77.5 Å². The summed E-state index contributed by atoms with van der Waals surface area (Å²) in [6.45, 7) is 1.57. The molecule has 0 amide bonds. The zero-order valence-electron chi connectivity index (χ0n) is 18.0. The predicted molar refractivity (Wildman–Crippen MR) is 117 cm³/mol. The first kappa shape index (κ1) is 24.2. The number of carboxylic acids is 1. The lowest BCUT2D eigenvalue weighted by molar-refractivity contribution is -0.145. The molecule has 182 valence electrons. The molecule has 0 fully saturated rings. The van der Waals surface area contributed by atoms with Gasteiger partial charge >= 0.3 is 18.3 Å². The SMILES string of the molecule is CC1(C(=O)O)C=CC(c2nnc(Nc3cc(C(F)(F)F)cc(C(F)(F)F)c3)c3ccccc23)=CC1. The summed E-state index contributed by atoms with van der Waals surface area (Å²) in [4.78, 5) is 11.5. The van der Waals surface area contributed by atoms with Gasteiger partial charge in [-0.05, 0) is 37.1 Å². The van der Waals surface area contributed by atoms with Crippen LogP contribution in [0.15, 0.2) is 60.7 Å². The normalized spacial score (nSPS) is 18.4. The predicted octanol–water partition coefficient (Wildman–Crippen LogP) is 6.85. The van der Waals surface area contributed by atoms with E-state index in [0.29, 0.717) is 34.2 Å². The third-order valence-corrected chi connectivity index (χ3v) is 5.68. The third kappa shape index (κ3) is 4.84. The van der Waals surface area contributed by atoms with E-state index in [2.05, 4.69) is 15.5 Å². The standard InChI is InChI=1S/C24H17F6N3O2/c1-22(21(34)35)8-6-13(7-9-22)19-17-4-2-3-5-18(17)20(33-32-19)31-16-11-14(23(25,26)27)10-15(12-16)24(28,29)30/h2-8,10-12H,9H2,1H3,(H,31,33)(H,34,35). The van der Waals surface area contributed by atoms with Crippen molar-refractivity contribution >= 4 is 33.8 Å². The van der Waals surface area contributed by atoms with Crippen LogP contribution in [0.25, 0.3) is 16.3 Å². The summed E-state index contributed by atoms with van der Waals surface area (Å²) >= 11 is 0. The van der Waals surface area contributed by atoms with Gasteiger partial charge in [-0.2, -0.15) is 26.3 Å². The Hall–Kier alpha value is -3.89. The Morgan fingerprint density at radius 3 is 2.09 bits per heavy atom. The minimum atomic E-state index is -4.99. The summed E-state index contributed by atoms with van der Waals surface area (Å²) < 4.78 is 79.3. The smallest absolute Gasteiger partial charge is 0.416 e. The number of hydrogen-bond acceptors (Lipinski definition) is 4. The van der Waals surface area contributed by atoms with Crippen molar-refractivity contribution in [1.29, 1.82) is 0 Å². The highest BCUT2D eigenvalue weighted by Gasteiger charge is 2.37. The van der Waals surface area contributed by atoms with Gasteiger partial charge in [0.05, 0.1) is 16.5 Å². The van der Waals surface area contributed by atoms with Gasteiger partial charge in [0.25, 0.3) is 0 Å². The van der Waals surface area contributed by atoms with Crippen LogP contribution < -0.4 is 5.32 Å². The number of rotatable bonds is 4. The Morgan fingerprint density at radius 1 is 0.971 bits per heavy atom. The third-order valence-electron chi connectivity index (χ3n) is 5.68. The van der Waals surface area contributed by atoms with E-state index >= 15 is 0 Å². The van der Waals surface area contributed by atoms with Gasteiger partial charge in [0.2, 0.25) is 0 Å². The zero-order valence-corrected chi connectivity index (χ0v) is 18.0. The summed E-state index contributed by atoms with van der Waals surface area (Å²) in [6.07, 6.45) is -4.94. The second kappa shape index (κ2) is 8.40. The highest BCUT2D eigenvalue weighted by molar-refractivity contribution is 6.00. The minimum Gasteiger partial charge on any atom is -0.481 e. The highest BCUT2D eigenvalue weighted by atomic mass is 19.4. The van der Waals surface area contributed by atoms with Crippen LogP contribution in [0.2, 0.25) is 0 Å². The number of alkyl halides is 6. The molecule has 0 bridgehead atoms. The quantitative estimate of drug-likeness (QED) is 0.389. The number of aromatic nitrogens is 2. The van der Waals surface area contributed by atoms with E-state index in [1.54, 1.807) is 43.3 Å². The molecule has 1 aromatic heterocycles. The average Bonchev–Trinajstić information content (AvgIpc) is 2.79. The van der Waals surface area contributed by atoms with Crippen molar-refractivity contribution in [2.75, 3.05) is 5.32 Å². The van der Waals surface area contributed by atoms with E-state index in [0.717, 1.165) is 0 Å². The first-order chi connectivity index (χ1) is 16.3. The number of anilines is 2. The summed E-state index contributed by atoms with van der Waals surface area (Å²) in [6, 6.07) is 7.79. The average molecular weight is 493 g/mol. The molecular weight excluding hydrogens is 476 g/mol. The van der Waals surface area contributed by atoms with E-state index in [1.165, 1.54) is 6.08 Å². The molecule has 0 spiro atoms. The molecule has 1 aliphatic carbocycles. The monoisotopic (exact) mass is 493 g/mol. The van der Waals surface area contributed by atoms with E-state index in [9.17, 15) is 36.2 Å². The highest BCUT2D eigenvalue weighted by Crippen LogP contribution is 2.39. The van der Waals surface area contributed by atoms with Crippen molar-refractivity contribution in [2.24, 2.45) is 5.41 Å². The second-order valence-corrected chi connectivity index (χ2v) is 8.28. The number of nitrogens with one attached hydrogen (secondary N) is 1. The molecule has 11 heteroatoms. The van der Waals surface area contributed by atoms with Crippen LogP contribution in [-0.2, 0) is 17.1 Å². The second-order valence-electron chi connectivity index (χ2n) is 8.28. The lowest BCUT2D eigenvalue weighted by Gasteiger charge is -2.23. The number of allylic oxidation sites excluding steroid dienone is 3. The van der Waals surface area contributed by atoms with Gasteiger partial charge in [-0.15, -0.1) is 10.2 Å². The van der Waals surface area contributed by atoms with Gasteiger partial charge < -0.3 is 10.4 Å². The minimum absolute atomic E-state index is 0.0347. The Kier molecular flexibility index (Phi) is 5.82. The number of nitrogens with zero attached hydrogens (tertiary/aromatic N) is 2. The lowest BCUT2D eigenvalue weighted by Crippen LogP contribution is -2.25. The van der Waals surface area contributed by atoms with Crippen molar-refractivity contribution < 1.29 is 36.2 Å². The van der Waals surface area contributed by atoms with Gasteiger partial charge in [-0.1, -0.05) is 42.5 Å². The van der Waals surface area contributed by atoms with Gasteiger partial charge in [-0.25, -0.2) is 0 Å². The maximum absolute atomic E-state index is 13.2. The van der Waals surface area contributed by atoms with Gasteiger partial charge in [0, 0.05) is 16.5 Å². The van der Waals surface area contributed by atoms with Crippen molar-refractivity contribution in [3.63, 3.8) is 0 Å². The molecule has 1 atom stereocenters. The molecule has 1 aliphatic rings. The topological polar surface area (TPSA) is 75.1 Å². The molecule has 1 unspecified atom stereocenters. The van der Waals surface area contributed by atoms with Gasteiger partial charge in [-0.3, -0.25) is 4.79 Å². The number of halogens is 6. The molecule has 0 saturated heterocycles. The Bertz CT molecular complexity index is 1350. The number of carbonyl (C=O) groups is 1. The molecule has 1 heterocycles. The van der Waals surface area contributed by atoms with E-state index in [4.69, 9.17) is 0 Å². The van der Waals surface area contributed by atoms with Crippen LogP contribution in [0.1, 0.15) is 30.2 Å². The summed E-state index contributed by atoms with van der Waals surface area (Å²) in [5.74, 6) is -1.02. The molecule has 4 rings (SSSR count). The van der Waals surface area contributed by atoms with Crippen molar-refractivity contribution in [3.8, 4) is 0 Å². The number of carboxylic acid groups (broad SMARTS) is 1. The van der Waals surface area contributed by atoms with Crippen molar-refractivity contribution in [2.45, 2.75) is 25.7 Å². The molecule has 35 heavy (non-hydrogen) atoms. The Labute approximate surface area is 194 Å². The van der Waals surface area contributed by atoms with Crippen LogP contribution in [0.5, 0.6) is 0 Å². The molecule has 5 nitrogen and oxygen atoms in total. The first-order valence-corrected chi connectivity index (χ1v) is 10.2. The fourth-order valence-electron chi connectivity index (χ4n) is 3.64. The molecular formula is C24H17F6N3O2. The first-order valence-electron chi connectivity index (χ1n) is 10.2. The van der Waals surface area contributed by atoms with E-state index < -0.39 is 40.6 Å². The van der Waals surface area contributed by atoms with Gasteiger partial charge in [0.1, 0.15) is 5.69 Å². The lowest BCUT2D eigenvalue weighted by atomic mass is 9.81. The summed E-state index contributed by atoms with van der Waals surface area (Å²) in [5, 5.41) is 21.0. The van der Waals surface area contributed by atoms with Crippen LogP contribution in [-0.4, -0.2) is 21.3 Å². The molecule has 0 aliphatic heterocycles. The maximum Gasteiger partial charge on any atom is 0.416 e. The number of hydrogen-bond donors (Lipinski definition) is 2.